The van der Waals surface area contributed by atoms with Gasteiger partial charge in [-0.1, -0.05) is 36.4 Å². The van der Waals surface area contributed by atoms with Crippen LogP contribution in [0.4, 0.5) is 4.39 Å². The first-order valence-corrected chi connectivity index (χ1v) is 7.80. The second-order valence-electron chi connectivity index (χ2n) is 6.11. The van der Waals surface area contributed by atoms with Crippen LogP contribution < -0.4 is 5.73 Å². The number of halogens is 1. The number of fused-ring (bicyclic) bond motifs is 1. The molecule has 21 heavy (non-hydrogen) atoms. The molecule has 0 aliphatic heterocycles. The minimum atomic E-state index is -0.187. The molecular weight excluding hydrogens is 261 g/mol. The molecule has 2 heteroatoms. The molecule has 0 amide bonds. The highest BCUT2D eigenvalue weighted by Gasteiger charge is 2.21. The number of hydrogen-bond donors (Lipinski definition) is 1. The largest absolute Gasteiger partial charge is 0.327 e. The maximum atomic E-state index is 12.9. The lowest BCUT2D eigenvalue weighted by Gasteiger charge is -2.27. The van der Waals surface area contributed by atoms with Crippen LogP contribution in [0.1, 0.15) is 41.9 Å². The molecule has 110 valence electrons. The van der Waals surface area contributed by atoms with Crippen molar-refractivity contribution in [3.05, 3.63) is 71.0 Å². The lowest BCUT2D eigenvalue weighted by molar-refractivity contribution is 0.466. The molecule has 2 aromatic rings. The van der Waals surface area contributed by atoms with Gasteiger partial charge in [-0.3, -0.25) is 0 Å². The molecule has 2 aromatic carbocycles. The van der Waals surface area contributed by atoms with Crippen molar-refractivity contribution in [2.24, 2.45) is 5.73 Å². The second kappa shape index (κ2) is 6.40. The Morgan fingerprint density at radius 3 is 2.67 bits per heavy atom. The standard InChI is InChI=1S/C19H22FN/c20-17-10-8-14(9-11-17)12-18(21)13-16-6-3-5-15-4-1-2-7-19(15)16/h1-2,4,7-11,16,18H,3,5-6,12-13,21H2. The van der Waals surface area contributed by atoms with E-state index in [1.54, 1.807) is 0 Å². The third-order valence-corrected chi connectivity index (χ3v) is 4.49. The SMILES string of the molecule is NC(Cc1ccc(F)cc1)CC1CCCc2ccccc21. The first kappa shape index (κ1) is 14.3. The normalized spacial score (nSPS) is 19.0. The monoisotopic (exact) mass is 283 g/mol. The van der Waals surface area contributed by atoms with Crippen LogP contribution in [-0.4, -0.2) is 6.04 Å². The van der Waals surface area contributed by atoms with Crippen molar-refractivity contribution in [3.63, 3.8) is 0 Å². The van der Waals surface area contributed by atoms with Crippen molar-refractivity contribution in [2.75, 3.05) is 0 Å². The number of aryl methyl sites for hydroxylation is 1. The topological polar surface area (TPSA) is 26.0 Å². The molecule has 1 nitrogen and oxygen atoms in total. The van der Waals surface area contributed by atoms with Crippen molar-refractivity contribution >= 4 is 0 Å². The van der Waals surface area contributed by atoms with Crippen LogP contribution >= 0.6 is 0 Å². The summed E-state index contributed by atoms with van der Waals surface area (Å²) in [4.78, 5) is 0. The van der Waals surface area contributed by atoms with E-state index < -0.39 is 0 Å². The van der Waals surface area contributed by atoms with E-state index in [4.69, 9.17) is 5.73 Å². The molecule has 2 atom stereocenters. The first-order chi connectivity index (χ1) is 10.2. The predicted molar refractivity (Wildman–Crippen MR) is 84.8 cm³/mol. The lowest BCUT2D eigenvalue weighted by atomic mass is 9.79. The molecule has 0 heterocycles. The number of rotatable bonds is 4. The average molecular weight is 283 g/mol. The van der Waals surface area contributed by atoms with Gasteiger partial charge in [-0.15, -0.1) is 0 Å². The molecular formula is C19H22FN. The van der Waals surface area contributed by atoms with Crippen molar-refractivity contribution in [1.29, 1.82) is 0 Å². The Kier molecular flexibility index (Phi) is 4.35. The third kappa shape index (κ3) is 3.51. The maximum Gasteiger partial charge on any atom is 0.123 e. The number of hydrogen-bond acceptors (Lipinski definition) is 1. The fourth-order valence-electron chi connectivity index (χ4n) is 3.47. The highest BCUT2D eigenvalue weighted by atomic mass is 19.1. The molecule has 2 unspecified atom stereocenters. The summed E-state index contributed by atoms with van der Waals surface area (Å²) >= 11 is 0. The molecule has 3 rings (SSSR count). The van der Waals surface area contributed by atoms with E-state index in [0.717, 1.165) is 18.4 Å². The highest BCUT2D eigenvalue weighted by molar-refractivity contribution is 5.32. The van der Waals surface area contributed by atoms with Crippen LogP contribution in [0, 0.1) is 5.82 Å². The Morgan fingerprint density at radius 1 is 1.10 bits per heavy atom. The van der Waals surface area contributed by atoms with E-state index in [1.165, 1.54) is 42.5 Å². The Bertz CT molecular complexity index is 591. The van der Waals surface area contributed by atoms with Crippen LogP contribution in [0.3, 0.4) is 0 Å². The lowest BCUT2D eigenvalue weighted by Crippen LogP contribution is -2.26. The van der Waals surface area contributed by atoms with Crippen molar-refractivity contribution in [2.45, 2.75) is 44.1 Å². The molecule has 0 spiro atoms. The summed E-state index contributed by atoms with van der Waals surface area (Å²) in [5.41, 5.74) is 10.4. The summed E-state index contributed by atoms with van der Waals surface area (Å²) in [7, 11) is 0. The molecule has 1 aliphatic rings. The molecule has 0 bridgehead atoms. The van der Waals surface area contributed by atoms with Gasteiger partial charge >= 0.3 is 0 Å². The molecule has 0 radical (unpaired) electrons. The quantitative estimate of drug-likeness (QED) is 0.894. The maximum absolute atomic E-state index is 12.9. The van der Waals surface area contributed by atoms with Gasteiger partial charge < -0.3 is 5.73 Å². The van der Waals surface area contributed by atoms with Crippen molar-refractivity contribution in [1.82, 2.24) is 0 Å². The van der Waals surface area contributed by atoms with Gasteiger partial charge in [0.25, 0.3) is 0 Å². The van der Waals surface area contributed by atoms with Crippen LogP contribution in [0.15, 0.2) is 48.5 Å². The molecule has 0 aromatic heterocycles. The van der Waals surface area contributed by atoms with Gasteiger partial charge in [-0.05, 0) is 66.8 Å². The number of benzene rings is 2. The van der Waals surface area contributed by atoms with Crippen LogP contribution in [-0.2, 0) is 12.8 Å². The third-order valence-electron chi connectivity index (χ3n) is 4.49. The van der Waals surface area contributed by atoms with Gasteiger partial charge in [0, 0.05) is 6.04 Å². The Balaban J connectivity index is 1.65. The van der Waals surface area contributed by atoms with Crippen molar-refractivity contribution in [3.8, 4) is 0 Å². The fraction of sp³-hybridized carbons (Fsp3) is 0.368. The highest BCUT2D eigenvalue weighted by Crippen LogP contribution is 2.34. The summed E-state index contributed by atoms with van der Waals surface area (Å²) in [6.45, 7) is 0. The van der Waals surface area contributed by atoms with E-state index in [0.29, 0.717) is 5.92 Å². The predicted octanol–water partition coefficient (Wildman–Crippen LogP) is 4.21. The zero-order chi connectivity index (χ0) is 14.7. The van der Waals surface area contributed by atoms with Gasteiger partial charge in [0.2, 0.25) is 0 Å². The van der Waals surface area contributed by atoms with Gasteiger partial charge in [0.15, 0.2) is 0 Å². The van der Waals surface area contributed by atoms with E-state index in [2.05, 4.69) is 24.3 Å². The molecule has 0 fully saturated rings. The molecule has 0 saturated carbocycles. The van der Waals surface area contributed by atoms with Gasteiger partial charge in [0.05, 0.1) is 0 Å². The number of nitrogens with two attached hydrogens (primary N) is 1. The first-order valence-electron chi connectivity index (χ1n) is 7.80. The van der Waals surface area contributed by atoms with Crippen LogP contribution in [0.25, 0.3) is 0 Å². The Hall–Kier alpha value is -1.67. The van der Waals surface area contributed by atoms with Crippen molar-refractivity contribution < 1.29 is 4.39 Å². The zero-order valence-electron chi connectivity index (χ0n) is 12.3. The second-order valence-corrected chi connectivity index (χ2v) is 6.11. The molecule has 0 saturated heterocycles. The summed E-state index contributed by atoms with van der Waals surface area (Å²) in [6.07, 6.45) is 5.51. The smallest absolute Gasteiger partial charge is 0.123 e. The van der Waals surface area contributed by atoms with E-state index >= 15 is 0 Å². The summed E-state index contributed by atoms with van der Waals surface area (Å²) < 4.78 is 12.9. The zero-order valence-corrected chi connectivity index (χ0v) is 12.3. The Labute approximate surface area is 126 Å². The van der Waals surface area contributed by atoms with Crippen LogP contribution in [0.2, 0.25) is 0 Å². The van der Waals surface area contributed by atoms with E-state index in [1.807, 2.05) is 12.1 Å². The van der Waals surface area contributed by atoms with Gasteiger partial charge in [0.1, 0.15) is 5.82 Å². The summed E-state index contributed by atoms with van der Waals surface area (Å²) in [6, 6.07) is 15.6. The van der Waals surface area contributed by atoms with E-state index in [-0.39, 0.29) is 11.9 Å². The minimum absolute atomic E-state index is 0.131. The Morgan fingerprint density at radius 2 is 1.86 bits per heavy atom. The minimum Gasteiger partial charge on any atom is -0.327 e. The summed E-state index contributed by atoms with van der Waals surface area (Å²) in [5.74, 6) is 0.388. The van der Waals surface area contributed by atoms with Gasteiger partial charge in [-0.2, -0.15) is 0 Å². The average Bonchev–Trinajstić information content (AvgIpc) is 2.50. The molecule has 2 N–H and O–H groups in total. The summed E-state index contributed by atoms with van der Waals surface area (Å²) in [5, 5.41) is 0. The molecule has 1 aliphatic carbocycles. The van der Waals surface area contributed by atoms with Gasteiger partial charge in [-0.25, -0.2) is 4.39 Å². The fourth-order valence-corrected chi connectivity index (χ4v) is 3.47. The van der Waals surface area contributed by atoms with E-state index in [9.17, 15) is 4.39 Å². The van der Waals surface area contributed by atoms with Crippen LogP contribution in [0.5, 0.6) is 0 Å².